The lowest BCUT2D eigenvalue weighted by Crippen LogP contribution is -2.32. The first-order chi connectivity index (χ1) is 8.57. The molecule has 1 aliphatic carbocycles. The van der Waals surface area contributed by atoms with Crippen molar-refractivity contribution >= 4 is 9.84 Å². The molecule has 18 heavy (non-hydrogen) atoms. The van der Waals surface area contributed by atoms with Gasteiger partial charge in [0.1, 0.15) is 10.7 Å². The molecule has 5 heteroatoms. The van der Waals surface area contributed by atoms with E-state index in [-0.39, 0.29) is 4.90 Å². The molecule has 0 spiro atoms. The summed E-state index contributed by atoms with van der Waals surface area (Å²) >= 11 is 0. The third-order valence-corrected chi connectivity index (χ3v) is 5.72. The molecule has 0 bridgehead atoms. The number of rotatable bonds is 2. The Kier molecular flexibility index (Phi) is 3.67. The van der Waals surface area contributed by atoms with Crippen LogP contribution in [0.4, 0.5) is 4.39 Å². The summed E-state index contributed by atoms with van der Waals surface area (Å²) in [5.74, 6) is -1.26. The Labute approximate surface area is 106 Å². The molecule has 1 aliphatic rings. The maximum Gasteiger partial charge on any atom is 0.185 e. The van der Waals surface area contributed by atoms with E-state index in [0.717, 1.165) is 18.9 Å². The highest BCUT2D eigenvalue weighted by atomic mass is 32.2. The lowest BCUT2D eigenvalue weighted by Gasteiger charge is -2.26. The molecule has 0 N–H and O–H groups in total. The van der Waals surface area contributed by atoms with Crippen LogP contribution in [0.5, 0.6) is 0 Å². The van der Waals surface area contributed by atoms with Crippen LogP contribution < -0.4 is 0 Å². The largest absolute Gasteiger partial charge is 0.223 e. The second-order valence-electron chi connectivity index (χ2n) is 4.53. The molecule has 96 valence electrons. The normalized spacial score (nSPS) is 24.4. The van der Waals surface area contributed by atoms with Crippen molar-refractivity contribution in [1.82, 2.24) is 0 Å². The Bertz CT molecular complexity index is 577. The topological polar surface area (TPSA) is 57.9 Å². The van der Waals surface area contributed by atoms with Crippen LogP contribution in [0.15, 0.2) is 29.2 Å². The summed E-state index contributed by atoms with van der Waals surface area (Å²) in [5.41, 5.74) is 0. The highest BCUT2D eigenvalue weighted by Gasteiger charge is 2.37. The maximum absolute atomic E-state index is 13.6. The molecule has 0 radical (unpaired) electrons. The zero-order valence-corrected chi connectivity index (χ0v) is 10.7. The summed E-state index contributed by atoms with van der Waals surface area (Å²) in [4.78, 5) is -0.280. The summed E-state index contributed by atoms with van der Waals surface area (Å²) < 4.78 is 38.4. The number of halogens is 1. The van der Waals surface area contributed by atoms with Gasteiger partial charge < -0.3 is 0 Å². The fraction of sp³-hybridized carbons (Fsp3) is 0.462. The number of hydrogen-bond acceptors (Lipinski definition) is 3. The molecule has 0 saturated heterocycles. The highest BCUT2D eigenvalue weighted by Crippen LogP contribution is 2.33. The number of sulfone groups is 1. The molecule has 1 aromatic rings. The highest BCUT2D eigenvalue weighted by molar-refractivity contribution is 7.92. The van der Waals surface area contributed by atoms with Crippen molar-refractivity contribution in [1.29, 1.82) is 5.26 Å². The van der Waals surface area contributed by atoms with Gasteiger partial charge >= 0.3 is 0 Å². The number of benzene rings is 1. The first-order valence-electron chi connectivity index (χ1n) is 5.95. The van der Waals surface area contributed by atoms with Crippen molar-refractivity contribution in [3.8, 4) is 6.07 Å². The van der Waals surface area contributed by atoms with Crippen molar-refractivity contribution in [2.45, 2.75) is 35.8 Å². The molecule has 2 unspecified atom stereocenters. The van der Waals surface area contributed by atoms with Gasteiger partial charge in [-0.25, -0.2) is 12.8 Å². The average molecular weight is 267 g/mol. The second-order valence-corrected chi connectivity index (χ2v) is 6.67. The van der Waals surface area contributed by atoms with Crippen LogP contribution in [0.25, 0.3) is 0 Å². The molecule has 0 heterocycles. The number of nitriles is 1. The lowest BCUT2D eigenvalue weighted by atomic mass is 9.90. The molecule has 0 amide bonds. The van der Waals surface area contributed by atoms with Gasteiger partial charge in [0.05, 0.1) is 17.2 Å². The monoisotopic (exact) mass is 267 g/mol. The van der Waals surface area contributed by atoms with E-state index in [0.29, 0.717) is 12.8 Å². The van der Waals surface area contributed by atoms with E-state index >= 15 is 0 Å². The smallest absolute Gasteiger partial charge is 0.185 e. The van der Waals surface area contributed by atoms with Gasteiger partial charge in [-0.2, -0.15) is 5.26 Å². The van der Waals surface area contributed by atoms with Gasteiger partial charge in [-0.15, -0.1) is 0 Å². The quantitative estimate of drug-likeness (QED) is 0.827. The Morgan fingerprint density at radius 2 is 1.89 bits per heavy atom. The van der Waals surface area contributed by atoms with E-state index in [1.165, 1.54) is 18.2 Å². The van der Waals surface area contributed by atoms with Crippen molar-refractivity contribution in [2.75, 3.05) is 0 Å². The van der Waals surface area contributed by atoms with Crippen molar-refractivity contribution < 1.29 is 12.8 Å². The third-order valence-electron chi connectivity index (χ3n) is 3.41. The van der Waals surface area contributed by atoms with Crippen LogP contribution in [0, 0.1) is 23.1 Å². The van der Waals surface area contributed by atoms with Gasteiger partial charge in [0.25, 0.3) is 0 Å². The Morgan fingerprint density at radius 1 is 1.22 bits per heavy atom. The minimum absolute atomic E-state index is 0.280. The second kappa shape index (κ2) is 5.07. The summed E-state index contributed by atoms with van der Waals surface area (Å²) in [5, 5.41) is 8.26. The molecule has 1 aromatic carbocycles. The van der Waals surface area contributed by atoms with Crippen molar-refractivity contribution in [2.24, 2.45) is 5.92 Å². The minimum atomic E-state index is -3.75. The van der Waals surface area contributed by atoms with Crippen molar-refractivity contribution in [3.05, 3.63) is 30.1 Å². The lowest BCUT2D eigenvalue weighted by molar-refractivity contribution is 0.417. The van der Waals surface area contributed by atoms with Crippen molar-refractivity contribution in [3.63, 3.8) is 0 Å². The third kappa shape index (κ3) is 2.25. The van der Waals surface area contributed by atoms with E-state index in [2.05, 4.69) is 0 Å². The zero-order chi connectivity index (χ0) is 13.2. The van der Waals surface area contributed by atoms with Crippen LogP contribution >= 0.6 is 0 Å². The van der Waals surface area contributed by atoms with Crippen LogP contribution in [-0.2, 0) is 9.84 Å². The van der Waals surface area contributed by atoms with E-state index < -0.39 is 26.8 Å². The first-order valence-corrected chi connectivity index (χ1v) is 7.50. The molecule has 1 saturated carbocycles. The van der Waals surface area contributed by atoms with Gasteiger partial charge in [0, 0.05) is 0 Å². The summed E-state index contributed by atoms with van der Waals surface area (Å²) in [6, 6.07) is 7.41. The standard InChI is InChI=1S/C13H14FNO2S/c14-11-6-2-4-8-13(11)18(16,17)12-7-3-1-5-10(12)9-15/h2,4,6,8,10,12H,1,3,5,7H2. The predicted molar refractivity (Wildman–Crippen MR) is 64.9 cm³/mol. The molecule has 0 aliphatic heterocycles. The molecular weight excluding hydrogens is 253 g/mol. The molecule has 2 atom stereocenters. The Balaban J connectivity index is 2.43. The van der Waals surface area contributed by atoms with E-state index in [9.17, 15) is 12.8 Å². The number of nitrogens with zero attached hydrogens (tertiary/aromatic N) is 1. The Hall–Kier alpha value is -1.41. The molecule has 2 rings (SSSR count). The minimum Gasteiger partial charge on any atom is -0.223 e. The molecule has 3 nitrogen and oxygen atoms in total. The summed E-state index contributed by atoms with van der Waals surface area (Å²) in [6.45, 7) is 0. The van der Waals surface area contributed by atoms with Gasteiger partial charge in [-0.3, -0.25) is 0 Å². The molecule has 1 fully saturated rings. The fourth-order valence-electron chi connectivity index (χ4n) is 2.45. The van der Waals surface area contributed by atoms with Crippen LogP contribution in [0.2, 0.25) is 0 Å². The van der Waals surface area contributed by atoms with Crippen LogP contribution in [0.3, 0.4) is 0 Å². The first kappa shape index (κ1) is 13.0. The SMILES string of the molecule is N#CC1CCCCC1S(=O)(=O)c1ccccc1F. The maximum atomic E-state index is 13.6. The number of hydrogen-bond donors (Lipinski definition) is 0. The zero-order valence-electron chi connectivity index (χ0n) is 9.84. The van der Waals surface area contributed by atoms with E-state index in [1.807, 2.05) is 6.07 Å². The fourth-order valence-corrected chi connectivity index (χ4v) is 4.50. The molecule has 0 aromatic heterocycles. The predicted octanol–water partition coefficient (Wildman–Crippen LogP) is 2.68. The summed E-state index contributed by atoms with van der Waals surface area (Å²) in [6.07, 6.45) is 2.65. The van der Waals surface area contributed by atoms with Gasteiger partial charge in [0.15, 0.2) is 9.84 Å². The van der Waals surface area contributed by atoms with E-state index in [1.54, 1.807) is 0 Å². The van der Waals surface area contributed by atoms with Crippen LogP contribution in [-0.4, -0.2) is 13.7 Å². The average Bonchev–Trinajstić information content (AvgIpc) is 2.39. The molecular formula is C13H14FNO2S. The van der Waals surface area contributed by atoms with Gasteiger partial charge in [-0.05, 0) is 25.0 Å². The summed E-state index contributed by atoms with van der Waals surface area (Å²) in [7, 11) is -3.75. The van der Waals surface area contributed by atoms with Crippen LogP contribution in [0.1, 0.15) is 25.7 Å². The van der Waals surface area contributed by atoms with E-state index in [4.69, 9.17) is 5.26 Å². The van der Waals surface area contributed by atoms with Gasteiger partial charge in [-0.1, -0.05) is 25.0 Å². The van der Waals surface area contributed by atoms with Gasteiger partial charge in [0.2, 0.25) is 0 Å². The Morgan fingerprint density at radius 3 is 2.56 bits per heavy atom.